The number of hydrogen-bond acceptors (Lipinski definition) is 2. The van der Waals surface area contributed by atoms with Crippen molar-refractivity contribution in [2.45, 2.75) is 6.18 Å². The highest BCUT2D eigenvalue weighted by Gasteiger charge is 2.30. The Balaban J connectivity index is 1.86. The predicted octanol–water partition coefficient (Wildman–Crippen LogP) is 6.59. The number of amides is 2. The largest absolute Gasteiger partial charge is 0.416 e. The van der Waals surface area contributed by atoms with Gasteiger partial charge in [0, 0.05) is 26.9 Å². The molecule has 9 heteroatoms. The first-order chi connectivity index (χ1) is 14.2. The van der Waals surface area contributed by atoms with Gasteiger partial charge in [0.25, 0.3) is 0 Å². The van der Waals surface area contributed by atoms with Gasteiger partial charge in [0.1, 0.15) is 0 Å². The highest BCUT2D eigenvalue weighted by atomic mass is 35.5. The zero-order valence-electron chi connectivity index (χ0n) is 15.2. The molecule has 2 N–H and O–H groups in total. The minimum atomic E-state index is -4.45. The number of nitrogens with one attached hydrogen (secondary N) is 2. The van der Waals surface area contributed by atoms with E-state index in [4.69, 9.17) is 23.2 Å². The number of nitrogens with zero attached hydrogens (tertiary/aromatic N) is 1. The molecular weight excluding hydrogens is 438 g/mol. The number of urea groups is 1. The van der Waals surface area contributed by atoms with E-state index < -0.39 is 17.8 Å². The summed E-state index contributed by atoms with van der Waals surface area (Å²) in [5, 5.41) is 7.69. The van der Waals surface area contributed by atoms with Gasteiger partial charge in [0.15, 0.2) is 0 Å². The van der Waals surface area contributed by atoms with E-state index in [0.717, 1.165) is 12.1 Å². The molecule has 0 bridgehead atoms. The van der Waals surface area contributed by atoms with Crippen LogP contribution in [0.1, 0.15) is 16.7 Å². The molecule has 154 valence electrons. The van der Waals surface area contributed by atoms with Crippen molar-refractivity contribution in [3.05, 3.63) is 99.5 Å². The van der Waals surface area contributed by atoms with E-state index in [9.17, 15) is 18.0 Å². The van der Waals surface area contributed by atoms with Crippen LogP contribution in [0.4, 0.5) is 23.7 Å². The van der Waals surface area contributed by atoms with Crippen LogP contribution in [0, 0.1) is 0 Å². The average molecular weight is 452 g/mol. The minimum Gasteiger partial charge on any atom is -0.307 e. The molecule has 3 aromatic carbocycles. The molecule has 4 nitrogen and oxygen atoms in total. The number of anilines is 1. The van der Waals surface area contributed by atoms with Crippen LogP contribution in [0.3, 0.4) is 0 Å². The van der Waals surface area contributed by atoms with Crippen molar-refractivity contribution >= 4 is 40.6 Å². The molecule has 0 aliphatic carbocycles. The molecule has 0 unspecified atom stereocenters. The summed E-state index contributed by atoms with van der Waals surface area (Å²) in [6.45, 7) is 0. The number of alkyl halides is 3. The van der Waals surface area contributed by atoms with E-state index >= 15 is 0 Å². The van der Waals surface area contributed by atoms with Crippen LogP contribution in [0.25, 0.3) is 0 Å². The van der Waals surface area contributed by atoms with E-state index in [0.29, 0.717) is 26.9 Å². The Bertz CT molecular complexity index is 1050. The van der Waals surface area contributed by atoms with Gasteiger partial charge in [-0.25, -0.2) is 10.2 Å². The molecule has 30 heavy (non-hydrogen) atoms. The zero-order valence-corrected chi connectivity index (χ0v) is 16.7. The second-order valence-electron chi connectivity index (χ2n) is 6.12. The molecule has 0 aromatic heterocycles. The minimum absolute atomic E-state index is 0.270. The maximum absolute atomic E-state index is 12.9. The van der Waals surface area contributed by atoms with Crippen LogP contribution in [0.5, 0.6) is 0 Å². The third-order valence-corrected chi connectivity index (χ3v) is 4.48. The number of hydrazone groups is 1. The van der Waals surface area contributed by atoms with Gasteiger partial charge in [-0.05, 0) is 48.5 Å². The number of rotatable bonds is 4. The fourth-order valence-electron chi connectivity index (χ4n) is 2.52. The van der Waals surface area contributed by atoms with Crippen molar-refractivity contribution in [3.63, 3.8) is 0 Å². The van der Waals surface area contributed by atoms with Crippen molar-refractivity contribution in [2.75, 3.05) is 5.32 Å². The van der Waals surface area contributed by atoms with E-state index in [1.54, 1.807) is 48.5 Å². The van der Waals surface area contributed by atoms with Crippen LogP contribution >= 0.6 is 23.2 Å². The van der Waals surface area contributed by atoms with Crippen molar-refractivity contribution in [3.8, 4) is 0 Å². The molecule has 0 aliphatic rings. The molecule has 0 aliphatic heterocycles. The first-order valence-electron chi connectivity index (χ1n) is 8.56. The lowest BCUT2D eigenvalue weighted by Gasteiger charge is -2.11. The normalized spacial score (nSPS) is 11.8. The van der Waals surface area contributed by atoms with E-state index in [-0.39, 0.29) is 5.71 Å². The number of benzene rings is 3. The van der Waals surface area contributed by atoms with Gasteiger partial charge in [-0.1, -0.05) is 47.5 Å². The highest BCUT2D eigenvalue weighted by Crippen LogP contribution is 2.29. The number of hydrogen-bond donors (Lipinski definition) is 2. The number of carbonyl (C=O) groups excluding carboxylic acids is 1. The lowest BCUT2D eigenvalue weighted by atomic mass is 10.0. The topological polar surface area (TPSA) is 53.5 Å². The maximum Gasteiger partial charge on any atom is 0.416 e. The van der Waals surface area contributed by atoms with Gasteiger partial charge >= 0.3 is 12.2 Å². The molecule has 0 radical (unpaired) electrons. The second-order valence-corrected chi connectivity index (χ2v) is 6.99. The molecule has 3 rings (SSSR count). The van der Waals surface area contributed by atoms with Crippen LogP contribution < -0.4 is 10.7 Å². The molecule has 0 saturated carbocycles. The molecule has 2 amide bonds. The number of carbonyl (C=O) groups is 1. The fraction of sp³-hybridized carbons (Fsp3) is 0.0476. The lowest BCUT2D eigenvalue weighted by molar-refractivity contribution is -0.137. The summed E-state index contributed by atoms with van der Waals surface area (Å²) in [5.41, 5.74) is 3.28. The summed E-state index contributed by atoms with van der Waals surface area (Å²) in [7, 11) is 0. The quantitative estimate of drug-likeness (QED) is 0.341. The zero-order chi connectivity index (χ0) is 21.7. The van der Waals surface area contributed by atoms with E-state index in [2.05, 4.69) is 15.8 Å². The first-order valence-corrected chi connectivity index (χ1v) is 9.32. The lowest BCUT2D eigenvalue weighted by Crippen LogP contribution is -2.26. The fourth-order valence-corrected chi connectivity index (χ4v) is 2.77. The van der Waals surface area contributed by atoms with Gasteiger partial charge in [0.05, 0.1) is 11.3 Å². The summed E-state index contributed by atoms with van der Waals surface area (Å²) in [6.07, 6.45) is -4.45. The third-order valence-electron chi connectivity index (χ3n) is 3.97. The van der Waals surface area contributed by atoms with Gasteiger partial charge in [-0.3, -0.25) is 0 Å². The first kappa shape index (κ1) is 21.7. The monoisotopic (exact) mass is 451 g/mol. The SMILES string of the molecule is O=C(N/N=C(\c1ccc(Cl)cc1)c1ccc(C(F)(F)F)cc1)Nc1ccc(Cl)cc1. The molecule has 0 atom stereocenters. The molecule has 0 spiro atoms. The molecule has 0 heterocycles. The third kappa shape index (κ3) is 5.75. The van der Waals surface area contributed by atoms with Crippen molar-refractivity contribution in [1.29, 1.82) is 0 Å². The molecule has 3 aromatic rings. The van der Waals surface area contributed by atoms with E-state index in [1.807, 2.05) is 0 Å². The smallest absolute Gasteiger partial charge is 0.307 e. The van der Waals surface area contributed by atoms with Crippen molar-refractivity contribution in [2.24, 2.45) is 5.10 Å². The summed E-state index contributed by atoms with van der Waals surface area (Å²) in [4.78, 5) is 12.2. The second kappa shape index (κ2) is 9.19. The van der Waals surface area contributed by atoms with Crippen LogP contribution in [0.2, 0.25) is 10.0 Å². The highest BCUT2D eigenvalue weighted by molar-refractivity contribution is 6.31. The van der Waals surface area contributed by atoms with Gasteiger partial charge < -0.3 is 5.32 Å². The Hall–Kier alpha value is -3.03. The van der Waals surface area contributed by atoms with Crippen molar-refractivity contribution in [1.82, 2.24) is 5.43 Å². The molecule has 0 fully saturated rings. The molecular formula is C21H14Cl2F3N3O. The Morgan fingerprint density at radius 3 is 1.73 bits per heavy atom. The standard InChI is InChI=1S/C21H14Cl2F3N3O/c22-16-7-3-14(4-8-16)19(13-1-5-15(6-2-13)21(24,25)26)28-29-20(30)27-18-11-9-17(23)10-12-18/h1-12H,(H2,27,29,30)/b28-19-. The van der Waals surface area contributed by atoms with Crippen LogP contribution in [0.15, 0.2) is 77.9 Å². The van der Waals surface area contributed by atoms with E-state index in [1.165, 1.54) is 12.1 Å². The Labute approximate surface area is 180 Å². The summed E-state index contributed by atoms with van der Waals surface area (Å²) in [5.74, 6) is 0. The Morgan fingerprint density at radius 2 is 1.23 bits per heavy atom. The predicted molar refractivity (Wildman–Crippen MR) is 112 cm³/mol. The van der Waals surface area contributed by atoms with Crippen molar-refractivity contribution < 1.29 is 18.0 Å². The summed E-state index contributed by atoms with van der Waals surface area (Å²) < 4.78 is 38.6. The summed E-state index contributed by atoms with van der Waals surface area (Å²) in [6, 6.07) is 16.8. The molecule has 0 saturated heterocycles. The Kier molecular flexibility index (Phi) is 6.64. The van der Waals surface area contributed by atoms with Gasteiger partial charge in [-0.2, -0.15) is 18.3 Å². The average Bonchev–Trinajstić information content (AvgIpc) is 2.71. The van der Waals surface area contributed by atoms with Gasteiger partial charge in [-0.15, -0.1) is 0 Å². The van der Waals surface area contributed by atoms with Gasteiger partial charge in [0.2, 0.25) is 0 Å². The summed E-state index contributed by atoms with van der Waals surface area (Å²) >= 11 is 11.7. The maximum atomic E-state index is 12.9. The Morgan fingerprint density at radius 1 is 0.767 bits per heavy atom. The van der Waals surface area contributed by atoms with Crippen LogP contribution in [-0.4, -0.2) is 11.7 Å². The number of halogens is 5. The van der Waals surface area contributed by atoms with Crippen LogP contribution in [-0.2, 0) is 6.18 Å².